The molecular formula is C13H7BrINOS. The second-order valence-electron chi connectivity index (χ2n) is 3.80. The number of phenols is 1. The molecule has 0 saturated heterocycles. The Balaban J connectivity index is 2.16. The van der Waals surface area contributed by atoms with E-state index in [4.69, 9.17) is 0 Å². The van der Waals surface area contributed by atoms with E-state index in [0.717, 1.165) is 28.8 Å². The molecule has 0 amide bonds. The lowest BCUT2D eigenvalue weighted by atomic mass is 10.2. The number of aromatic nitrogens is 1. The molecular weight excluding hydrogens is 425 g/mol. The van der Waals surface area contributed by atoms with Gasteiger partial charge in [-0.1, -0.05) is 22.0 Å². The van der Waals surface area contributed by atoms with Crippen LogP contribution >= 0.6 is 49.9 Å². The molecule has 1 aromatic heterocycles. The monoisotopic (exact) mass is 431 g/mol. The molecule has 0 fully saturated rings. The van der Waals surface area contributed by atoms with E-state index in [1.807, 2.05) is 24.3 Å². The van der Waals surface area contributed by atoms with Gasteiger partial charge in [-0.05, 0) is 52.9 Å². The number of hydrogen-bond donors (Lipinski definition) is 1. The second kappa shape index (κ2) is 4.79. The first kappa shape index (κ1) is 12.4. The molecule has 3 aromatic rings. The summed E-state index contributed by atoms with van der Waals surface area (Å²) in [6.07, 6.45) is 0. The van der Waals surface area contributed by atoms with E-state index in [-0.39, 0.29) is 0 Å². The number of phenolic OH excluding ortho intramolecular Hbond substituents is 1. The van der Waals surface area contributed by atoms with Crippen LogP contribution in [-0.2, 0) is 0 Å². The van der Waals surface area contributed by atoms with Crippen LogP contribution < -0.4 is 0 Å². The summed E-state index contributed by atoms with van der Waals surface area (Å²) in [5.74, 6) is 0.300. The number of fused-ring (bicyclic) bond motifs is 1. The summed E-state index contributed by atoms with van der Waals surface area (Å²) in [5, 5.41) is 10.7. The number of benzene rings is 2. The third-order valence-electron chi connectivity index (χ3n) is 2.54. The Morgan fingerprint density at radius 2 is 2.00 bits per heavy atom. The van der Waals surface area contributed by atoms with Crippen LogP contribution in [0.4, 0.5) is 0 Å². The Morgan fingerprint density at radius 1 is 1.17 bits per heavy atom. The summed E-state index contributed by atoms with van der Waals surface area (Å²) in [5.41, 5.74) is 1.93. The Labute approximate surface area is 130 Å². The summed E-state index contributed by atoms with van der Waals surface area (Å²) >= 11 is 7.19. The van der Waals surface area contributed by atoms with E-state index in [2.05, 4.69) is 49.6 Å². The zero-order chi connectivity index (χ0) is 12.7. The number of hydrogen-bond acceptors (Lipinski definition) is 3. The van der Waals surface area contributed by atoms with Crippen molar-refractivity contribution in [3.05, 3.63) is 44.4 Å². The first-order valence-electron chi connectivity index (χ1n) is 5.18. The minimum atomic E-state index is 0.300. The zero-order valence-electron chi connectivity index (χ0n) is 9.02. The molecule has 1 N–H and O–H groups in total. The van der Waals surface area contributed by atoms with Crippen molar-refractivity contribution in [1.82, 2.24) is 4.98 Å². The highest BCUT2D eigenvalue weighted by Gasteiger charge is 2.08. The van der Waals surface area contributed by atoms with Crippen LogP contribution in [0.1, 0.15) is 0 Å². The lowest BCUT2D eigenvalue weighted by Crippen LogP contribution is -1.78. The quantitative estimate of drug-likeness (QED) is 0.547. The Morgan fingerprint density at radius 3 is 2.78 bits per heavy atom. The number of thiazole rings is 1. The number of aromatic hydroxyl groups is 1. The standard InChI is InChI=1S/C13H7BrINOS/c14-8-2-4-10-12(6-8)18-13(16-10)7-1-3-9(15)11(17)5-7/h1-6,17H. The molecule has 2 aromatic carbocycles. The maximum Gasteiger partial charge on any atom is 0.129 e. The molecule has 0 aliphatic heterocycles. The maximum absolute atomic E-state index is 9.74. The van der Waals surface area contributed by atoms with Gasteiger partial charge in [-0.3, -0.25) is 0 Å². The Kier molecular flexibility index (Phi) is 3.29. The van der Waals surface area contributed by atoms with Crippen molar-refractivity contribution in [1.29, 1.82) is 0 Å². The molecule has 2 nitrogen and oxygen atoms in total. The maximum atomic E-state index is 9.74. The fourth-order valence-corrected chi connectivity index (χ4v) is 3.52. The van der Waals surface area contributed by atoms with Gasteiger partial charge in [0.05, 0.1) is 13.8 Å². The van der Waals surface area contributed by atoms with Crippen LogP contribution in [0.5, 0.6) is 5.75 Å². The van der Waals surface area contributed by atoms with Gasteiger partial charge in [0, 0.05) is 10.0 Å². The predicted octanol–water partition coefficient (Wildman–Crippen LogP) is 5.04. The summed E-state index contributed by atoms with van der Waals surface area (Å²) in [6.45, 7) is 0. The van der Waals surface area contributed by atoms with E-state index >= 15 is 0 Å². The molecule has 0 bridgehead atoms. The van der Waals surface area contributed by atoms with Gasteiger partial charge in [-0.15, -0.1) is 11.3 Å². The SMILES string of the molecule is Oc1cc(-c2nc3ccc(Br)cc3s2)ccc1I. The first-order chi connectivity index (χ1) is 8.63. The molecule has 0 saturated carbocycles. The molecule has 0 aliphatic rings. The summed E-state index contributed by atoms with van der Waals surface area (Å²) < 4.78 is 3.04. The van der Waals surface area contributed by atoms with Gasteiger partial charge < -0.3 is 5.11 Å². The van der Waals surface area contributed by atoms with Crippen LogP contribution in [0.2, 0.25) is 0 Å². The van der Waals surface area contributed by atoms with Crippen molar-refractivity contribution in [2.45, 2.75) is 0 Å². The van der Waals surface area contributed by atoms with E-state index < -0.39 is 0 Å². The second-order valence-corrected chi connectivity index (χ2v) is 6.91. The molecule has 0 atom stereocenters. The third-order valence-corrected chi connectivity index (χ3v) is 5.02. The third kappa shape index (κ3) is 2.26. The van der Waals surface area contributed by atoms with Gasteiger partial charge in [0.2, 0.25) is 0 Å². The van der Waals surface area contributed by atoms with E-state index in [0.29, 0.717) is 5.75 Å². The smallest absolute Gasteiger partial charge is 0.129 e. The molecule has 18 heavy (non-hydrogen) atoms. The highest BCUT2D eigenvalue weighted by molar-refractivity contribution is 14.1. The average Bonchev–Trinajstić information content (AvgIpc) is 2.75. The average molecular weight is 432 g/mol. The highest BCUT2D eigenvalue weighted by Crippen LogP contribution is 2.34. The minimum absolute atomic E-state index is 0.300. The van der Waals surface area contributed by atoms with Crippen molar-refractivity contribution in [2.75, 3.05) is 0 Å². The number of nitrogens with zero attached hydrogens (tertiary/aromatic N) is 1. The van der Waals surface area contributed by atoms with Gasteiger partial charge >= 0.3 is 0 Å². The van der Waals surface area contributed by atoms with Crippen LogP contribution in [-0.4, -0.2) is 10.1 Å². The topological polar surface area (TPSA) is 33.1 Å². The van der Waals surface area contributed by atoms with Crippen molar-refractivity contribution < 1.29 is 5.11 Å². The molecule has 0 aliphatic carbocycles. The number of rotatable bonds is 1. The molecule has 0 unspecified atom stereocenters. The Bertz CT molecular complexity index is 741. The molecule has 5 heteroatoms. The summed E-state index contributed by atoms with van der Waals surface area (Å²) in [6, 6.07) is 11.7. The van der Waals surface area contributed by atoms with Crippen LogP contribution in [0.15, 0.2) is 40.9 Å². The Hall–Kier alpha value is -0.660. The molecule has 0 radical (unpaired) electrons. The lowest BCUT2D eigenvalue weighted by molar-refractivity contribution is 0.472. The van der Waals surface area contributed by atoms with Crippen molar-refractivity contribution in [3.63, 3.8) is 0 Å². The van der Waals surface area contributed by atoms with Crippen LogP contribution in [0.3, 0.4) is 0 Å². The summed E-state index contributed by atoms with van der Waals surface area (Å²) in [4.78, 5) is 4.58. The zero-order valence-corrected chi connectivity index (χ0v) is 13.6. The fraction of sp³-hybridized carbons (Fsp3) is 0. The van der Waals surface area contributed by atoms with Gasteiger partial charge in [0.15, 0.2) is 0 Å². The van der Waals surface area contributed by atoms with Gasteiger partial charge in [0.1, 0.15) is 10.8 Å². The van der Waals surface area contributed by atoms with Gasteiger partial charge in [0.25, 0.3) is 0 Å². The highest BCUT2D eigenvalue weighted by atomic mass is 127. The lowest BCUT2D eigenvalue weighted by Gasteiger charge is -1.99. The van der Waals surface area contributed by atoms with E-state index in [1.165, 1.54) is 0 Å². The van der Waals surface area contributed by atoms with Crippen LogP contribution in [0, 0.1) is 3.57 Å². The van der Waals surface area contributed by atoms with Gasteiger partial charge in [-0.25, -0.2) is 4.98 Å². The van der Waals surface area contributed by atoms with Crippen molar-refractivity contribution in [3.8, 4) is 16.3 Å². The van der Waals surface area contributed by atoms with E-state index in [1.54, 1.807) is 17.4 Å². The predicted molar refractivity (Wildman–Crippen MR) is 87.1 cm³/mol. The van der Waals surface area contributed by atoms with Crippen molar-refractivity contribution >= 4 is 60.1 Å². The van der Waals surface area contributed by atoms with Gasteiger partial charge in [-0.2, -0.15) is 0 Å². The largest absolute Gasteiger partial charge is 0.507 e. The minimum Gasteiger partial charge on any atom is -0.507 e. The molecule has 90 valence electrons. The summed E-state index contributed by atoms with van der Waals surface area (Å²) in [7, 11) is 0. The van der Waals surface area contributed by atoms with E-state index in [9.17, 15) is 5.11 Å². The van der Waals surface area contributed by atoms with Crippen molar-refractivity contribution in [2.24, 2.45) is 0 Å². The molecule has 0 spiro atoms. The molecule has 3 rings (SSSR count). The molecule has 1 heterocycles. The van der Waals surface area contributed by atoms with Crippen LogP contribution in [0.25, 0.3) is 20.8 Å². The fourth-order valence-electron chi connectivity index (χ4n) is 1.67. The normalized spacial score (nSPS) is 11.0. The number of halogens is 2. The first-order valence-corrected chi connectivity index (χ1v) is 7.87.